The van der Waals surface area contributed by atoms with Crippen LogP contribution in [0.1, 0.15) is 37.8 Å². The van der Waals surface area contributed by atoms with Crippen LogP contribution in [0.2, 0.25) is 0 Å². The van der Waals surface area contributed by atoms with Gasteiger partial charge in [0, 0.05) is 11.7 Å². The van der Waals surface area contributed by atoms with Gasteiger partial charge in [-0.3, -0.25) is 15.0 Å². The lowest BCUT2D eigenvalue weighted by molar-refractivity contribution is -0.115. The third kappa shape index (κ3) is 2.59. The first-order valence-electron chi connectivity index (χ1n) is 7.47. The Kier molecular flexibility index (Phi) is 4.03. The molecule has 108 valence electrons. The Morgan fingerprint density at radius 2 is 2.10 bits per heavy atom. The van der Waals surface area contributed by atoms with Gasteiger partial charge in [-0.15, -0.1) is 11.8 Å². The van der Waals surface area contributed by atoms with E-state index >= 15 is 0 Å². The number of benzene rings is 1. The van der Waals surface area contributed by atoms with Crippen LogP contribution in [0, 0.1) is 0 Å². The molecule has 0 bridgehead atoms. The molecule has 1 heterocycles. The Bertz CT molecular complexity index is 515. The molecule has 1 fully saturated rings. The van der Waals surface area contributed by atoms with Crippen molar-refractivity contribution in [2.24, 2.45) is 0 Å². The number of aryl methyl sites for hydroxylation is 1. The fourth-order valence-electron chi connectivity index (χ4n) is 3.08. The number of anilines is 1. The van der Waals surface area contributed by atoms with Gasteiger partial charge < -0.3 is 0 Å². The second kappa shape index (κ2) is 5.78. The molecule has 3 rings (SSSR count). The molecule has 1 aliphatic carbocycles. The summed E-state index contributed by atoms with van der Waals surface area (Å²) in [6, 6.07) is 6.81. The third-order valence-electron chi connectivity index (χ3n) is 3.97. The molecule has 1 amide bonds. The van der Waals surface area contributed by atoms with E-state index in [1.165, 1.54) is 24.0 Å². The van der Waals surface area contributed by atoms with Crippen molar-refractivity contribution in [2.75, 3.05) is 10.7 Å². The van der Waals surface area contributed by atoms with E-state index < -0.39 is 0 Å². The molecule has 1 N–H and O–H groups in total. The zero-order chi connectivity index (χ0) is 14.1. The fraction of sp³-hybridized carbons (Fsp3) is 0.562. The summed E-state index contributed by atoms with van der Waals surface area (Å²) in [5.74, 6) is 0.806. The molecule has 0 spiro atoms. The highest BCUT2D eigenvalue weighted by molar-refractivity contribution is 8.01. The molecule has 0 saturated carbocycles. The van der Waals surface area contributed by atoms with E-state index in [2.05, 4.69) is 37.4 Å². The van der Waals surface area contributed by atoms with Gasteiger partial charge in [-0.05, 0) is 56.7 Å². The quantitative estimate of drug-likeness (QED) is 0.929. The Labute approximate surface area is 125 Å². The smallest absolute Gasteiger partial charge is 0.239 e. The number of nitrogens with zero attached hydrogens (tertiary/aromatic N) is 1. The Balaban J connectivity index is 1.96. The van der Waals surface area contributed by atoms with Crippen molar-refractivity contribution in [2.45, 2.75) is 51.1 Å². The van der Waals surface area contributed by atoms with Crippen molar-refractivity contribution in [1.29, 1.82) is 0 Å². The number of nitrogens with one attached hydrogen (secondary N) is 1. The number of rotatable bonds is 3. The highest BCUT2D eigenvalue weighted by Gasteiger charge is 2.34. The third-order valence-corrected chi connectivity index (χ3v) is 5.05. The molecule has 4 heteroatoms. The highest BCUT2D eigenvalue weighted by atomic mass is 32.2. The summed E-state index contributed by atoms with van der Waals surface area (Å²) in [5, 5.41) is 3.50. The molecule has 0 aromatic heterocycles. The Morgan fingerprint density at radius 3 is 2.90 bits per heavy atom. The minimum absolute atomic E-state index is 0.0796. The molecule has 20 heavy (non-hydrogen) atoms. The molecule has 1 aliphatic heterocycles. The number of amides is 1. The molecule has 1 aromatic rings. The minimum Gasteiger partial charge on any atom is -0.286 e. The van der Waals surface area contributed by atoms with Crippen LogP contribution in [0.25, 0.3) is 0 Å². The molecule has 3 nitrogen and oxygen atoms in total. The summed E-state index contributed by atoms with van der Waals surface area (Å²) in [6.07, 6.45) is 4.77. The van der Waals surface area contributed by atoms with Crippen LogP contribution in [0.5, 0.6) is 0 Å². The maximum absolute atomic E-state index is 12.3. The molecule has 2 aliphatic rings. The largest absolute Gasteiger partial charge is 0.286 e. The van der Waals surface area contributed by atoms with Crippen LogP contribution in [0.15, 0.2) is 18.2 Å². The Hall–Kier alpha value is -1.00. The minimum atomic E-state index is 0.0796. The first-order valence-corrected chi connectivity index (χ1v) is 8.52. The van der Waals surface area contributed by atoms with E-state index in [0.29, 0.717) is 11.8 Å². The molecular formula is C16H22N2OS. The lowest BCUT2D eigenvalue weighted by Gasteiger charge is -2.30. The average molecular weight is 290 g/mol. The molecule has 1 atom stereocenters. The molecular weight excluding hydrogens is 268 g/mol. The van der Waals surface area contributed by atoms with Crippen molar-refractivity contribution in [1.82, 2.24) is 5.32 Å². The van der Waals surface area contributed by atoms with Crippen molar-refractivity contribution in [3.05, 3.63) is 29.3 Å². The van der Waals surface area contributed by atoms with Gasteiger partial charge >= 0.3 is 0 Å². The van der Waals surface area contributed by atoms with Gasteiger partial charge in [0.1, 0.15) is 5.50 Å². The van der Waals surface area contributed by atoms with E-state index in [-0.39, 0.29) is 11.4 Å². The van der Waals surface area contributed by atoms with Crippen molar-refractivity contribution in [3.63, 3.8) is 0 Å². The predicted octanol–water partition coefficient (Wildman–Crippen LogP) is 2.93. The summed E-state index contributed by atoms with van der Waals surface area (Å²) in [6.45, 7) is 4.25. The zero-order valence-electron chi connectivity index (χ0n) is 12.2. The van der Waals surface area contributed by atoms with Gasteiger partial charge in [-0.1, -0.05) is 12.1 Å². The lowest BCUT2D eigenvalue weighted by Crippen LogP contribution is -2.45. The monoisotopic (exact) mass is 290 g/mol. The van der Waals surface area contributed by atoms with E-state index in [1.54, 1.807) is 11.8 Å². The van der Waals surface area contributed by atoms with Gasteiger partial charge in [0.2, 0.25) is 5.91 Å². The Morgan fingerprint density at radius 1 is 1.30 bits per heavy atom. The summed E-state index contributed by atoms with van der Waals surface area (Å²) in [7, 11) is 0. The SMILES string of the molecule is CC(C)NC1SCC(=O)N1c1cccc2c1CCCC2. The van der Waals surface area contributed by atoms with Gasteiger partial charge in [0.05, 0.1) is 5.75 Å². The van der Waals surface area contributed by atoms with Crippen LogP contribution in [-0.4, -0.2) is 23.2 Å². The van der Waals surface area contributed by atoms with E-state index in [4.69, 9.17) is 0 Å². The first-order chi connectivity index (χ1) is 9.66. The number of thioether (sulfide) groups is 1. The number of hydrogen-bond donors (Lipinski definition) is 1. The molecule has 1 saturated heterocycles. The summed E-state index contributed by atoms with van der Waals surface area (Å²) < 4.78 is 0. The molecule has 1 unspecified atom stereocenters. The van der Waals surface area contributed by atoms with Gasteiger partial charge in [-0.25, -0.2) is 0 Å². The number of fused-ring (bicyclic) bond motifs is 1. The van der Waals surface area contributed by atoms with Gasteiger partial charge in [-0.2, -0.15) is 0 Å². The van der Waals surface area contributed by atoms with Gasteiger partial charge in [0.15, 0.2) is 0 Å². The fourth-order valence-corrected chi connectivity index (χ4v) is 4.27. The van der Waals surface area contributed by atoms with E-state index in [0.717, 1.165) is 18.5 Å². The van der Waals surface area contributed by atoms with Gasteiger partial charge in [0.25, 0.3) is 0 Å². The van der Waals surface area contributed by atoms with Crippen LogP contribution in [0.4, 0.5) is 5.69 Å². The summed E-state index contributed by atoms with van der Waals surface area (Å²) in [5.41, 5.74) is 4.04. The van der Waals surface area contributed by atoms with Crippen molar-refractivity contribution >= 4 is 23.4 Å². The topological polar surface area (TPSA) is 32.3 Å². The van der Waals surface area contributed by atoms with Crippen molar-refractivity contribution < 1.29 is 4.79 Å². The summed E-state index contributed by atoms with van der Waals surface area (Å²) >= 11 is 1.70. The highest BCUT2D eigenvalue weighted by Crippen LogP contribution is 2.36. The first kappa shape index (κ1) is 14.0. The van der Waals surface area contributed by atoms with Crippen LogP contribution < -0.4 is 10.2 Å². The number of hydrogen-bond acceptors (Lipinski definition) is 3. The number of carbonyl (C=O) groups excluding carboxylic acids is 1. The predicted molar refractivity (Wildman–Crippen MR) is 85.1 cm³/mol. The van der Waals surface area contributed by atoms with E-state index in [1.807, 2.05) is 4.90 Å². The average Bonchev–Trinajstić information content (AvgIpc) is 2.78. The van der Waals surface area contributed by atoms with Crippen LogP contribution in [0.3, 0.4) is 0 Å². The molecule has 0 radical (unpaired) electrons. The van der Waals surface area contributed by atoms with Crippen LogP contribution >= 0.6 is 11.8 Å². The summed E-state index contributed by atoms with van der Waals surface area (Å²) in [4.78, 5) is 14.3. The standard InChI is InChI=1S/C16H22N2OS/c1-11(2)17-16-18(15(19)10-20-16)14-9-5-7-12-6-3-4-8-13(12)14/h5,7,9,11,16-17H,3-4,6,8,10H2,1-2H3. The lowest BCUT2D eigenvalue weighted by atomic mass is 9.90. The maximum atomic E-state index is 12.3. The zero-order valence-corrected chi connectivity index (χ0v) is 13.0. The molecule has 1 aromatic carbocycles. The van der Waals surface area contributed by atoms with Crippen molar-refractivity contribution in [3.8, 4) is 0 Å². The van der Waals surface area contributed by atoms with E-state index in [9.17, 15) is 4.79 Å². The normalized spacial score (nSPS) is 22.4. The second-order valence-corrected chi connectivity index (χ2v) is 6.94. The van der Waals surface area contributed by atoms with Crippen LogP contribution in [-0.2, 0) is 17.6 Å². The number of carbonyl (C=O) groups is 1. The second-order valence-electron chi connectivity index (χ2n) is 5.87. The maximum Gasteiger partial charge on any atom is 0.239 e.